The lowest BCUT2D eigenvalue weighted by Gasteiger charge is -2.18. The summed E-state index contributed by atoms with van der Waals surface area (Å²) in [5.74, 6) is 2.77. The molecule has 0 heterocycles. The smallest absolute Gasteiger partial charge is 0.115 e. The summed E-state index contributed by atoms with van der Waals surface area (Å²) in [5.41, 5.74) is 0. The van der Waals surface area contributed by atoms with Crippen molar-refractivity contribution in [2.75, 3.05) is 0 Å². The van der Waals surface area contributed by atoms with Crippen LogP contribution in [0, 0.1) is 0 Å². The van der Waals surface area contributed by atoms with Crippen LogP contribution in [0.2, 0.25) is 0 Å². The number of rotatable bonds is 2. The van der Waals surface area contributed by atoms with Crippen molar-refractivity contribution in [3.05, 3.63) is 54.0 Å². The zero-order valence-electron chi connectivity index (χ0n) is 12.1. The molecule has 108 valence electrons. The van der Waals surface area contributed by atoms with E-state index < -0.39 is 0 Å². The summed E-state index contributed by atoms with van der Waals surface area (Å²) in [5, 5.41) is 8.63. The standard InChI is InChI=1S/C12H18O.C6H6O/c1-3-7-11(8-4-1)13-12-9-5-2-6-10-12;7-6-4-2-1-3-5-6/h7,9H,1-6,8,10H2;1-5,7H. The van der Waals surface area contributed by atoms with Gasteiger partial charge in [0.1, 0.15) is 5.75 Å². The highest BCUT2D eigenvalue weighted by atomic mass is 16.5. The van der Waals surface area contributed by atoms with Crippen LogP contribution in [0.25, 0.3) is 0 Å². The molecule has 3 rings (SSSR count). The van der Waals surface area contributed by atoms with Gasteiger partial charge in [0.25, 0.3) is 0 Å². The predicted molar refractivity (Wildman–Crippen MR) is 82.3 cm³/mol. The average Bonchev–Trinajstić information content (AvgIpc) is 2.51. The lowest BCUT2D eigenvalue weighted by Crippen LogP contribution is -2.00. The summed E-state index contributed by atoms with van der Waals surface area (Å²) >= 11 is 0. The molecule has 0 aliphatic heterocycles. The number of hydrogen-bond donors (Lipinski definition) is 1. The summed E-state index contributed by atoms with van der Waals surface area (Å²) in [4.78, 5) is 0. The molecule has 2 aliphatic carbocycles. The molecular formula is C18H24O2. The van der Waals surface area contributed by atoms with Gasteiger partial charge in [0.15, 0.2) is 0 Å². The first-order valence-electron chi connectivity index (χ1n) is 7.64. The quantitative estimate of drug-likeness (QED) is 0.790. The van der Waals surface area contributed by atoms with Crippen LogP contribution < -0.4 is 0 Å². The minimum atomic E-state index is 0.322. The van der Waals surface area contributed by atoms with Crippen molar-refractivity contribution in [2.45, 2.75) is 51.4 Å². The molecule has 0 saturated carbocycles. The summed E-state index contributed by atoms with van der Waals surface area (Å²) in [6, 6.07) is 8.71. The van der Waals surface area contributed by atoms with Gasteiger partial charge in [0.05, 0.1) is 11.5 Å². The van der Waals surface area contributed by atoms with Crippen LogP contribution in [-0.4, -0.2) is 5.11 Å². The number of para-hydroxylation sites is 1. The predicted octanol–water partition coefficient (Wildman–Crippen LogP) is 5.31. The molecule has 2 nitrogen and oxygen atoms in total. The molecule has 0 aromatic heterocycles. The molecule has 2 aliphatic rings. The van der Waals surface area contributed by atoms with Crippen LogP contribution in [-0.2, 0) is 4.74 Å². The van der Waals surface area contributed by atoms with Crippen LogP contribution >= 0.6 is 0 Å². The molecule has 0 fully saturated rings. The van der Waals surface area contributed by atoms with Gasteiger partial charge >= 0.3 is 0 Å². The zero-order chi connectivity index (χ0) is 14.0. The molecule has 1 N–H and O–H groups in total. The van der Waals surface area contributed by atoms with E-state index in [2.05, 4.69) is 12.2 Å². The third-order valence-corrected chi connectivity index (χ3v) is 3.52. The maximum atomic E-state index is 8.63. The first-order chi connectivity index (χ1) is 9.84. The summed E-state index contributed by atoms with van der Waals surface area (Å²) < 4.78 is 5.85. The first-order valence-corrected chi connectivity index (χ1v) is 7.64. The van der Waals surface area contributed by atoms with Crippen molar-refractivity contribution in [1.82, 2.24) is 0 Å². The van der Waals surface area contributed by atoms with E-state index in [-0.39, 0.29) is 0 Å². The molecule has 0 unspecified atom stereocenters. The van der Waals surface area contributed by atoms with E-state index in [1.807, 2.05) is 6.07 Å². The van der Waals surface area contributed by atoms with Crippen LogP contribution in [0.3, 0.4) is 0 Å². The molecule has 0 bridgehead atoms. The Balaban J connectivity index is 0.000000178. The largest absolute Gasteiger partial charge is 0.508 e. The van der Waals surface area contributed by atoms with Crippen LogP contribution in [0.4, 0.5) is 0 Å². The van der Waals surface area contributed by atoms with E-state index in [4.69, 9.17) is 9.84 Å². The SMILES string of the molecule is C1=C(OC2=CCCCC2)CCCC1.Oc1ccccc1. The Bertz CT molecular complexity index is 422. The fourth-order valence-corrected chi connectivity index (χ4v) is 2.40. The Morgan fingerprint density at radius 3 is 1.65 bits per heavy atom. The first kappa shape index (κ1) is 14.7. The number of benzene rings is 1. The Morgan fingerprint density at radius 1 is 0.750 bits per heavy atom. The molecule has 0 spiro atoms. The van der Waals surface area contributed by atoms with Gasteiger partial charge in [-0.3, -0.25) is 0 Å². The van der Waals surface area contributed by atoms with Crippen LogP contribution in [0.1, 0.15) is 51.4 Å². The minimum Gasteiger partial charge on any atom is -0.508 e. The number of phenols is 1. The van der Waals surface area contributed by atoms with E-state index >= 15 is 0 Å². The van der Waals surface area contributed by atoms with Crippen LogP contribution in [0.5, 0.6) is 5.75 Å². The minimum absolute atomic E-state index is 0.322. The topological polar surface area (TPSA) is 29.5 Å². The zero-order valence-corrected chi connectivity index (χ0v) is 12.1. The summed E-state index contributed by atoms with van der Waals surface area (Å²) in [7, 11) is 0. The third kappa shape index (κ3) is 5.52. The lowest BCUT2D eigenvalue weighted by atomic mass is 10.0. The van der Waals surface area contributed by atoms with E-state index in [0.29, 0.717) is 5.75 Å². The number of phenolic OH excluding ortho intramolecular Hbond substituents is 1. The normalized spacial score (nSPS) is 18.2. The Morgan fingerprint density at radius 2 is 1.30 bits per heavy atom. The molecule has 1 aromatic rings. The molecule has 0 amide bonds. The Kier molecular flexibility index (Phi) is 6.22. The number of hydrogen-bond acceptors (Lipinski definition) is 2. The average molecular weight is 272 g/mol. The second kappa shape index (κ2) is 8.47. The van der Waals surface area contributed by atoms with Crippen molar-refractivity contribution in [2.24, 2.45) is 0 Å². The van der Waals surface area contributed by atoms with E-state index in [1.165, 1.54) is 50.0 Å². The fourth-order valence-electron chi connectivity index (χ4n) is 2.40. The number of aromatic hydroxyl groups is 1. The fraction of sp³-hybridized carbons (Fsp3) is 0.444. The molecule has 0 atom stereocenters. The summed E-state index contributed by atoms with van der Waals surface area (Å²) in [6.45, 7) is 0. The highest BCUT2D eigenvalue weighted by molar-refractivity contribution is 5.18. The van der Waals surface area contributed by atoms with Gasteiger partial charge in [0, 0.05) is 12.8 Å². The highest BCUT2D eigenvalue weighted by Crippen LogP contribution is 2.25. The van der Waals surface area contributed by atoms with E-state index in [9.17, 15) is 0 Å². The lowest BCUT2D eigenvalue weighted by molar-refractivity contribution is 0.257. The monoisotopic (exact) mass is 272 g/mol. The van der Waals surface area contributed by atoms with Gasteiger partial charge in [-0.1, -0.05) is 18.2 Å². The number of allylic oxidation sites excluding steroid dienone is 4. The van der Waals surface area contributed by atoms with E-state index in [1.54, 1.807) is 24.3 Å². The maximum absolute atomic E-state index is 8.63. The van der Waals surface area contributed by atoms with Crippen molar-refractivity contribution >= 4 is 0 Å². The van der Waals surface area contributed by atoms with Gasteiger partial charge in [-0.2, -0.15) is 0 Å². The van der Waals surface area contributed by atoms with Crippen molar-refractivity contribution in [3.63, 3.8) is 0 Å². The Labute approximate surface area is 121 Å². The maximum Gasteiger partial charge on any atom is 0.115 e. The van der Waals surface area contributed by atoms with Gasteiger partial charge in [-0.15, -0.1) is 0 Å². The van der Waals surface area contributed by atoms with Gasteiger partial charge in [-0.25, -0.2) is 0 Å². The van der Waals surface area contributed by atoms with Crippen molar-refractivity contribution in [1.29, 1.82) is 0 Å². The van der Waals surface area contributed by atoms with Gasteiger partial charge in [-0.05, 0) is 62.8 Å². The molecule has 0 radical (unpaired) electrons. The molecule has 2 heteroatoms. The van der Waals surface area contributed by atoms with Gasteiger partial charge in [0.2, 0.25) is 0 Å². The molecule has 1 aromatic carbocycles. The van der Waals surface area contributed by atoms with Crippen LogP contribution in [0.15, 0.2) is 54.0 Å². The van der Waals surface area contributed by atoms with Gasteiger partial charge < -0.3 is 9.84 Å². The van der Waals surface area contributed by atoms with Crippen molar-refractivity contribution < 1.29 is 9.84 Å². The van der Waals surface area contributed by atoms with E-state index in [0.717, 1.165) is 12.8 Å². The number of ether oxygens (including phenoxy) is 1. The summed E-state index contributed by atoms with van der Waals surface area (Å²) in [6.07, 6.45) is 14.5. The second-order valence-electron chi connectivity index (χ2n) is 5.27. The third-order valence-electron chi connectivity index (χ3n) is 3.52. The highest BCUT2D eigenvalue weighted by Gasteiger charge is 2.09. The van der Waals surface area contributed by atoms with Crippen molar-refractivity contribution in [3.8, 4) is 5.75 Å². The Hall–Kier alpha value is -1.70. The molecule has 0 saturated heterocycles. The molecule has 20 heavy (non-hydrogen) atoms. The molecular weight excluding hydrogens is 248 g/mol. The second-order valence-corrected chi connectivity index (χ2v) is 5.27.